The minimum Gasteiger partial charge on any atom is -0.383 e. The smallest absolute Gasteiger partial charge is 0.0589 e. The van der Waals surface area contributed by atoms with E-state index in [2.05, 4.69) is 11.8 Å². The van der Waals surface area contributed by atoms with Crippen molar-refractivity contribution in [1.82, 2.24) is 4.90 Å². The SMILES string of the molecule is COCCN1C2CCC1CC(C)C2. The lowest BCUT2D eigenvalue weighted by Gasteiger charge is -2.37. The fourth-order valence-electron chi connectivity index (χ4n) is 3.11. The zero-order chi connectivity index (χ0) is 9.26. The van der Waals surface area contributed by atoms with E-state index in [-0.39, 0.29) is 0 Å². The van der Waals surface area contributed by atoms with Crippen LogP contribution < -0.4 is 0 Å². The van der Waals surface area contributed by atoms with Gasteiger partial charge in [0.1, 0.15) is 0 Å². The molecule has 2 heteroatoms. The number of piperidine rings is 1. The molecule has 0 radical (unpaired) electrons. The van der Waals surface area contributed by atoms with E-state index in [1.54, 1.807) is 7.11 Å². The normalized spacial score (nSPS) is 39.7. The van der Waals surface area contributed by atoms with E-state index in [0.29, 0.717) is 0 Å². The number of hydrogen-bond donors (Lipinski definition) is 0. The zero-order valence-electron chi connectivity index (χ0n) is 8.83. The molecule has 0 N–H and O–H groups in total. The van der Waals surface area contributed by atoms with Crippen LogP contribution in [-0.2, 0) is 4.74 Å². The highest BCUT2D eigenvalue weighted by molar-refractivity contribution is 4.93. The fourth-order valence-corrected chi connectivity index (χ4v) is 3.11. The number of methoxy groups -OCH3 is 1. The first-order valence-electron chi connectivity index (χ1n) is 5.56. The van der Waals surface area contributed by atoms with Gasteiger partial charge in [-0.25, -0.2) is 0 Å². The Morgan fingerprint density at radius 3 is 2.38 bits per heavy atom. The van der Waals surface area contributed by atoms with Crippen molar-refractivity contribution in [3.63, 3.8) is 0 Å². The average molecular weight is 183 g/mol. The van der Waals surface area contributed by atoms with Gasteiger partial charge in [-0.05, 0) is 31.6 Å². The standard InChI is InChI=1S/C11H21NO/c1-9-7-10-3-4-11(8-9)12(10)5-6-13-2/h9-11H,3-8H2,1-2H3. The summed E-state index contributed by atoms with van der Waals surface area (Å²) in [6.45, 7) is 4.46. The maximum absolute atomic E-state index is 5.15. The molecule has 2 saturated heterocycles. The maximum Gasteiger partial charge on any atom is 0.0589 e. The highest BCUT2D eigenvalue weighted by Gasteiger charge is 2.38. The number of nitrogens with zero attached hydrogens (tertiary/aromatic N) is 1. The van der Waals surface area contributed by atoms with Crippen LogP contribution in [0.1, 0.15) is 32.6 Å². The van der Waals surface area contributed by atoms with Gasteiger partial charge in [0.05, 0.1) is 6.61 Å². The van der Waals surface area contributed by atoms with E-state index in [4.69, 9.17) is 4.74 Å². The first-order valence-corrected chi connectivity index (χ1v) is 5.56. The fraction of sp³-hybridized carbons (Fsp3) is 1.00. The second-order valence-electron chi connectivity index (χ2n) is 4.69. The Morgan fingerprint density at radius 1 is 1.23 bits per heavy atom. The summed E-state index contributed by atoms with van der Waals surface area (Å²) in [5.74, 6) is 0.955. The molecular weight excluding hydrogens is 162 g/mol. The van der Waals surface area contributed by atoms with Crippen LogP contribution in [0.3, 0.4) is 0 Å². The molecule has 0 aliphatic carbocycles. The lowest BCUT2D eigenvalue weighted by Crippen LogP contribution is -2.43. The van der Waals surface area contributed by atoms with Crippen molar-refractivity contribution in [2.24, 2.45) is 5.92 Å². The average Bonchev–Trinajstić information content (AvgIpc) is 2.33. The summed E-state index contributed by atoms with van der Waals surface area (Å²) in [4.78, 5) is 2.68. The van der Waals surface area contributed by atoms with Crippen LogP contribution in [-0.4, -0.2) is 37.2 Å². The molecule has 0 amide bonds. The third kappa shape index (κ3) is 1.89. The maximum atomic E-state index is 5.15. The summed E-state index contributed by atoms with van der Waals surface area (Å²) in [7, 11) is 1.80. The first kappa shape index (κ1) is 9.47. The van der Waals surface area contributed by atoms with Gasteiger partial charge in [-0.3, -0.25) is 4.90 Å². The van der Waals surface area contributed by atoms with Crippen molar-refractivity contribution in [3.8, 4) is 0 Å². The van der Waals surface area contributed by atoms with Gasteiger partial charge in [-0.1, -0.05) is 6.92 Å². The molecule has 2 bridgehead atoms. The minimum absolute atomic E-state index is 0.879. The molecule has 2 rings (SSSR count). The number of fused-ring (bicyclic) bond motifs is 2. The largest absolute Gasteiger partial charge is 0.383 e. The molecule has 2 unspecified atom stereocenters. The summed E-state index contributed by atoms with van der Waals surface area (Å²) >= 11 is 0. The van der Waals surface area contributed by atoms with Gasteiger partial charge >= 0.3 is 0 Å². The van der Waals surface area contributed by atoms with Gasteiger partial charge in [-0.2, -0.15) is 0 Å². The molecule has 0 spiro atoms. The number of ether oxygens (including phenoxy) is 1. The van der Waals surface area contributed by atoms with Gasteiger partial charge in [-0.15, -0.1) is 0 Å². The Kier molecular flexibility index (Phi) is 2.89. The summed E-state index contributed by atoms with van der Waals surface area (Å²) in [5, 5.41) is 0. The van der Waals surface area contributed by atoms with E-state index in [9.17, 15) is 0 Å². The Hall–Kier alpha value is -0.0800. The zero-order valence-corrected chi connectivity index (χ0v) is 8.83. The third-order valence-electron chi connectivity index (χ3n) is 3.67. The van der Waals surface area contributed by atoms with Crippen LogP contribution in [0.4, 0.5) is 0 Å². The molecule has 2 nitrogen and oxygen atoms in total. The van der Waals surface area contributed by atoms with Gasteiger partial charge < -0.3 is 4.74 Å². The Bertz CT molecular complexity index is 157. The van der Waals surface area contributed by atoms with Crippen LogP contribution in [0.2, 0.25) is 0 Å². The predicted molar refractivity (Wildman–Crippen MR) is 53.8 cm³/mol. The van der Waals surface area contributed by atoms with Crippen molar-refractivity contribution in [2.75, 3.05) is 20.3 Å². The van der Waals surface area contributed by atoms with Crippen molar-refractivity contribution < 1.29 is 4.74 Å². The summed E-state index contributed by atoms with van der Waals surface area (Å²) < 4.78 is 5.15. The summed E-state index contributed by atoms with van der Waals surface area (Å²) in [6, 6.07) is 1.76. The summed E-state index contributed by atoms with van der Waals surface area (Å²) in [5.41, 5.74) is 0. The van der Waals surface area contributed by atoms with Gasteiger partial charge in [0, 0.05) is 25.7 Å². The van der Waals surface area contributed by atoms with Crippen molar-refractivity contribution in [1.29, 1.82) is 0 Å². The van der Waals surface area contributed by atoms with E-state index in [1.807, 2.05) is 0 Å². The van der Waals surface area contributed by atoms with E-state index in [0.717, 1.165) is 31.2 Å². The Morgan fingerprint density at radius 2 is 1.85 bits per heavy atom. The molecule has 13 heavy (non-hydrogen) atoms. The Labute approximate surface area is 81.3 Å². The Balaban J connectivity index is 1.90. The highest BCUT2D eigenvalue weighted by atomic mass is 16.5. The quantitative estimate of drug-likeness (QED) is 0.662. The predicted octanol–water partition coefficient (Wildman–Crippen LogP) is 1.90. The molecule has 0 aromatic carbocycles. The lowest BCUT2D eigenvalue weighted by molar-refractivity contribution is 0.0730. The van der Waals surface area contributed by atoms with Gasteiger partial charge in [0.25, 0.3) is 0 Å². The van der Waals surface area contributed by atoms with Gasteiger partial charge in [0.15, 0.2) is 0 Å². The first-order chi connectivity index (χ1) is 6.31. The second kappa shape index (κ2) is 3.97. The van der Waals surface area contributed by atoms with Crippen molar-refractivity contribution >= 4 is 0 Å². The van der Waals surface area contributed by atoms with Crippen molar-refractivity contribution in [3.05, 3.63) is 0 Å². The number of rotatable bonds is 3. The molecule has 2 atom stereocenters. The van der Waals surface area contributed by atoms with Crippen LogP contribution in [0, 0.1) is 5.92 Å². The molecule has 2 fully saturated rings. The second-order valence-corrected chi connectivity index (χ2v) is 4.69. The molecule has 2 aliphatic rings. The molecule has 2 heterocycles. The van der Waals surface area contributed by atoms with Crippen LogP contribution in [0.25, 0.3) is 0 Å². The molecule has 0 aromatic heterocycles. The minimum atomic E-state index is 0.879. The molecule has 0 saturated carbocycles. The van der Waals surface area contributed by atoms with Crippen molar-refractivity contribution in [2.45, 2.75) is 44.7 Å². The monoisotopic (exact) mass is 183 g/mol. The molecule has 76 valence electrons. The molecular formula is C11H21NO. The molecule has 2 aliphatic heterocycles. The molecule has 0 aromatic rings. The summed E-state index contributed by atoms with van der Waals surface area (Å²) in [6.07, 6.45) is 5.69. The highest BCUT2D eigenvalue weighted by Crippen LogP contribution is 2.37. The van der Waals surface area contributed by atoms with E-state index >= 15 is 0 Å². The number of hydrogen-bond acceptors (Lipinski definition) is 2. The van der Waals surface area contributed by atoms with E-state index in [1.165, 1.54) is 25.7 Å². The van der Waals surface area contributed by atoms with Crippen LogP contribution in [0.15, 0.2) is 0 Å². The topological polar surface area (TPSA) is 12.5 Å². The third-order valence-corrected chi connectivity index (χ3v) is 3.67. The van der Waals surface area contributed by atoms with Gasteiger partial charge in [0.2, 0.25) is 0 Å². The lowest BCUT2D eigenvalue weighted by atomic mass is 9.92. The van der Waals surface area contributed by atoms with E-state index < -0.39 is 0 Å². The van der Waals surface area contributed by atoms with Crippen LogP contribution in [0.5, 0.6) is 0 Å². The van der Waals surface area contributed by atoms with Crippen LogP contribution >= 0.6 is 0 Å².